The number of rotatable bonds is 6. The van der Waals surface area contributed by atoms with Crippen LogP contribution in [0.1, 0.15) is 12.0 Å². The molecular weight excluding hydrogens is 392 g/mol. The summed E-state index contributed by atoms with van der Waals surface area (Å²) in [4.78, 5) is 14.5. The van der Waals surface area contributed by atoms with Gasteiger partial charge in [0.2, 0.25) is 10.0 Å². The van der Waals surface area contributed by atoms with Crippen molar-refractivity contribution in [2.45, 2.75) is 18.2 Å². The number of carbonyl (C=O) groups is 1. The predicted molar refractivity (Wildman–Crippen MR) is 110 cm³/mol. The number of carbonyl (C=O) groups excluding carboxylic acids is 1. The van der Waals surface area contributed by atoms with Gasteiger partial charge in [0.25, 0.3) is 5.91 Å². The normalized spacial score (nSPS) is 15.6. The molecule has 1 aliphatic rings. The highest BCUT2D eigenvalue weighted by Crippen LogP contribution is 2.25. The van der Waals surface area contributed by atoms with E-state index in [0.717, 1.165) is 5.56 Å². The van der Waals surface area contributed by atoms with Gasteiger partial charge in [0.1, 0.15) is 0 Å². The summed E-state index contributed by atoms with van der Waals surface area (Å²) in [6, 6.07) is 14.0. The van der Waals surface area contributed by atoms with Gasteiger partial charge in [-0.1, -0.05) is 29.8 Å². The third-order valence-corrected chi connectivity index (χ3v) is 6.80. The highest BCUT2D eigenvalue weighted by Gasteiger charge is 2.28. The number of sulfonamides is 1. The van der Waals surface area contributed by atoms with Crippen LogP contribution in [0.3, 0.4) is 0 Å². The zero-order chi connectivity index (χ0) is 20.9. The minimum absolute atomic E-state index is 0.120. The quantitative estimate of drug-likeness (QED) is 0.720. The molecule has 7 nitrogen and oxygen atoms in total. The lowest BCUT2D eigenvalue weighted by molar-refractivity contribution is -0.133. The Balaban J connectivity index is 1.60. The molecule has 0 N–H and O–H groups in total. The van der Waals surface area contributed by atoms with Crippen LogP contribution in [0.15, 0.2) is 53.4 Å². The lowest BCUT2D eigenvalue weighted by Gasteiger charge is -2.22. The fraction of sp³-hybridized carbons (Fsp3) is 0.381. The molecule has 156 valence electrons. The molecular formula is C21H26N2O5S. The SMILES string of the molecule is COc1ccccc1OCC(=O)N1CCCN(S(=O)(=O)c2ccc(C)cc2)CC1. The van der Waals surface area contributed by atoms with Gasteiger partial charge in [0.05, 0.1) is 12.0 Å². The average Bonchev–Trinajstić information content (AvgIpc) is 2.99. The van der Waals surface area contributed by atoms with E-state index in [1.165, 1.54) is 4.31 Å². The van der Waals surface area contributed by atoms with Crippen molar-refractivity contribution in [3.8, 4) is 11.5 Å². The molecule has 1 amide bonds. The van der Waals surface area contributed by atoms with Crippen LogP contribution in [0, 0.1) is 6.92 Å². The standard InChI is InChI=1S/C21H26N2O5S/c1-17-8-10-18(11-9-17)29(25,26)23-13-5-12-22(14-15-23)21(24)16-28-20-7-4-3-6-19(20)27-2/h3-4,6-11H,5,12-16H2,1-2H3. The Hall–Kier alpha value is -2.58. The summed E-state index contributed by atoms with van der Waals surface area (Å²) in [5.41, 5.74) is 1.01. The van der Waals surface area contributed by atoms with Crippen molar-refractivity contribution in [3.05, 3.63) is 54.1 Å². The van der Waals surface area contributed by atoms with Gasteiger partial charge in [-0.2, -0.15) is 4.31 Å². The van der Waals surface area contributed by atoms with E-state index in [0.29, 0.717) is 37.6 Å². The highest BCUT2D eigenvalue weighted by atomic mass is 32.2. The molecule has 29 heavy (non-hydrogen) atoms. The van der Waals surface area contributed by atoms with Crippen molar-refractivity contribution in [1.29, 1.82) is 0 Å². The maximum absolute atomic E-state index is 12.9. The molecule has 0 saturated carbocycles. The number of hydrogen-bond acceptors (Lipinski definition) is 5. The fourth-order valence-corrected chi connectivity index (χ4v) is 4.68. The van der Waals surface area contributed by atoms with Crippen molar-refractivity contribution < 1.29 is 22.7 Å². The number of benzene rings is 2. The Labute approximate surface area is 171 Å². The van der Waals surface area contributed by atoms with Crippen LogP contribution in [0.4, 0.5) is 0 Å². The zero-order valence-electron chi connectivity index (χ0n) is 16.7. The second-order valence-electron chi connectivity index (χ2n) is 6.89. The molecule has 1 fully saturated rings. The van der Waals surface area contributed by atoms with E-state index in [-0.39, 0.29) is 24.0 Å². The Bertz CT molecular complexity index is 944. The number of hydrogen-bond donors (Lipinski definition) is 0. The molecule has 0 atom stereocenters. The predicted octanol–water partition coefficient (Wildman–Crippen LogP) is 2.31. The number of nitrogens with zero attached hydrogens (tertiary/aromatic N) is 2. The molecule has 0 bridgehead atoms. The lowest BCUT2D eigenvalue weighted by atomic mass is 10.2. The number of methoxy groups -OCH3 is 1. The molecule has 0 unspecified atom stereocenters. The number of para-hydroxylation sites is 2. The zero-order valence-corrected chi connectivity index (χ0v) is 17.5. The van der Waals surface area contributed by atoms with Gasteiger partial charge in [-0.3, -0.25) is 4.79 Å². The van der Waals surface area contributed by atoms with Crippen LogP contribution >= 0.6 is 0 Å². The van der Waals surface area contributed by atoms with Gasteiger partial charge in [-0.25, -0.2) is 8.42 Å². The summed E-state index contributed by atoms with van der Waals surface area (Å²) < 4.78 is 38.1. The average molecular weight is 419 g/mol. The molecule has 1 aliphatic heterocycles. The molecule has 2 aromatic rings. The van der Waals surface area contributed by atoms with Crippen LogP contribution in [-0.2, 0) is 14.8 Å². The largest absolute Gasteiger partial charge is 0.493 e. The highest BCUT2D eigenvalue weighted by molar-refractivity contribution is 7.89. The second kappa shape index (κ2) is 9.28. The van der Waals surface area contributed by atoms with Crippen LogP contribution in [0.25, 0.3) is 0 Å². The van der Waals surface area contributed by atoms with Crippen molar-refractivity contribution in [2.75, 3.05) is 39.9 Å². The monoisotopic (exact) mass is 418 g/mol. The van der Waals surface area contributed by atoms with Crippen LogP contribution in [0.2, 0.25) is 0 Å². The molecule has 8 heteroatoms. The van der Waals surface area contributed by atoms with E-state index in [9.17, 15) is 13.2 Å². The van der Waals surface area contributed by atoms with Crippen LogP contribution in [-0.4, -0.2) is 63.4 Å². The van der Waals surface area contributed by atoms with Crippen molar-refractivity contribution >= 4 is 15.9 Å². The smallest absolute Gasteiger partial charge is 0.260 e. The van der Waals surface area contributed by atoms with Gasteiger partial charge in [-0.15, -0.1) is 0 Å². The van der Waals surface area contributed by atoms with Gasteiger partial charge >= 0.3 is 0 Å². The van der Waals surface area contributed by atoms with Crippen LogP contribution < -0.4 is 9.47 Å². The first-order valence-electron chi connectivity index (χ1n) is 9.52. The molecule has 1 heterocycles. The van der Waals surface area contributed by atoms with E-state index in [1.807, 2.05) is 19.1 Å². The third-order valence-electron chi connectivity index (χ3n) is 4.89. The second-order valence-corrected chi connectivity index (χ2v) is 8.83. The van der Waals surface area contributed by atoms with Crippen LogP contribution in [0.5, 0.6) is 11.5 Å². The molecule has 2 aromatic carbocycles. The van der Waals surface area contributed by atoms with Gasteiger partial charge in [0, 0.05) is 26.2 Å². The van der Waals surface area contributed by atoms with E-state index in [2.05, 4.69) is 0 Å². The van der Waals surface area contributed by atoms with E-state index >= 15 is 0 Å². The fourth-order valence-electron chi connectivity index (χ4n) is 3.21. The van der Waals surface area contributed by atoms with Crippen molar-refractivity contribution in [2.24, 2.45) is 0 Å². The van der Waals surface area contributed by atoms with Gasteiger partial charge < -0.3 is 14.4 Å². The van der Waals surface area contributed by atoms with Crippen molar-refractivity contribution in [3.63, 3.8) is 0 Å². The topological polar surface area (TPSA) is 76.2 Å². The molecule has 0 aromatic heterocycles. The maximum Gasteiger partial charge on any atom is 0.260 e. The first kappa shape index (κ1) is 21.1. The summed E-state index contributed by atoms with van der Waals surface area (Å²) >= 11 is 0. The lowest BCUT2D eigenvalue weighted by Crippen LogP contribution is -2.39. The summed E-state index contributed by atoms with van der Waals surface area (Å²) in [5, 5.41) is 0. The number of ether oxygens (including phenoxy) is 2. The number of aryl methyl sites for hydroxylation is 1. The summed E-state index contributed by atoms with van der Waals surface area (Å²) in [5.74, 6) is 0.888. The van der Waals surface area contributed by atoms with Gasteiger partial charge in [-0.05, 0) is 37.6 Å². The Morgan fingerprint density at radius 3 is 2.34 bits per heavy atom. The Morgan fingerprint density at radius 2 is 1.66 bits per heavy atom. The minimum Gasteiger partial charge on any atom is -0.493 e. The molecule has 0 radical (unpaired) electrons. The number of amides is 1. The Kier molecular flexibility index (Phi) is 6.76. The first-order chi connectivity index (χ1) is 13.9. The van der Waals surface area contributed by atoms with E-state index < -0.39 is 10.0 Å². The summed E-state index contributed by atoms with van der Waals surface area (Å²) in [6.45, 7) is 3.27. The minimum atomic E-state index is -3.57. The summed E-state index contributed by atoms with van der Waals surface area (Å²) in [7, 11) is -2.02. The Morgan fingerprint density at radius 1 is 0.966 bits per heavy atom. The first-order valence-corrected chi connectivity index (χ1v) is 11.0. The van der Waals surface area contributed by atoms with E-state index in [4.69, 9.17) is 9.47 Å². The van der Waals surface area contributed by atoms with Gasteiger partial charge in [0.15, 0.2) is 18.1 Å². The maximum atomic E-state index is 12.9. The summed E-state index contributed by atoms with van der Waals surface area (Å²) in [6.07, 6.45) is 0.575. The third kappa shape index (κ3) is 5.07. The molecule has 3 rings (SSSR count). The molecule has 0 spiro atoms. The van der Waals surface area contributed by atoms with Crippen molar-refractivity contribution in [1.82, 2.24) is 9.21 Å². The molecule has 0 aliphatic carbocycles. The van der Waals surface area contributed by atoms with E-state index in [1.54, 1.807) is 48.4 Å². The molecule has 1 saturated heterocycles.